The topological polar surface area (TPSA) is 229 Å². The van der Waals surface area contributed by atoms with E-state index in [2.05, 4.69) is 40.8 Å². The second kappa shape index (κ2) is 23.2. The quantitative estimate of drug-likeness (QED) is 0.0246. The van der Waals surface area contributed by atoms with Crippen molar-refractivity contribution >= 4 is 70.2 Å². The lowest BCUT2D eigenvalue weighted by molar-refractivity contribution is -0.146. The Morgan fingerprint density at radius 3 is 2.11 bits per heavy atom. The molecule has 75 heavy (non-hydrogen) atoms. The van der Waals surface area contributed by atoms with Crippen LogP contribution in [0.5, 0.6) is 5.75 Å². The number of fused-ring (bicyclic) bond motifs is 1. The fourth-order valence-electron chi connectivity index (χ4n) is 8.00. The summed E-state index contributed by atoms with van der Waals surface area (Å²) < 4.78 is 64.5. The number of pyridine rings is 1. The molecule has 1 fully saturated rings. The van der Waals surface area contributed by atoms with Crippen LogP contribution in [0.25, 0.3) is 10.8 Å². The highest BCUT2D eigenvalue weighted by Crippen LogP contribution is 2.39. The summed E-state index contributed by atoms with van der Waals surface area (Å²) in [6.07, 6.45) is 0.184. The zero-order chi connectivity index (χ0) is 55.1. The molecule has 402 valence electrons. The molecular formula is C54H68FN6O12SSi+. The molecule has 1 heterocycles. The Morgan fingerprint density at radius 2 is 1.51 bits per heavy atom. The minimum Gasteiger partial charge on any atom is -0.489 e. The van der Waals surface area contributed by atoms with Crippen LogP contribution in [0.4, 0.5) is 30.1 Å². The lowest BCUT2D eigenvalue weighted by atomic mass is 9.98. The molecule has 0 radical (unpaired) electrons. The van der Waals surface area contributed by atoms with Crippen molar-refractivity contribution in [3.8, 4) is 5.75 Å². The second-order valence-electron chi connectivity index (χ2n) is 21.8. The van der Waals surface area contributed by atoms with Gasteiger partial charge in [0.2, 0.25) is 5.91 Å². The van der Waals surface area contributed by atoms with Gasteiger partial charge in [0.05, 0.1) is 29.5 Å². The van der Waals surface area contributed by atoms with Crippen LogP contribution < -0.4 is 25.6 Å². The Morgan fingerprint density at radius 1 is 0.853 bits per heavy atom. The highest BCUT2D eigenvalue weighted by atomic mass is 32.2. The van der Waals surface area contributed by atoms with Gasteiger partial charge in [-0.15, -0.1) is 10.9 Å². The maximum atomic E-state index is 15.6. The molecule has 1 saturated carbocycles. The van der Waals surface area contributed by atoms with Crippen molar-refractivity contribution in [2.75, 3.05) is 19.0 Å². The van der Waals surface area contributed by atoms with Crippen LogP contribution in [-0.4, -0.2) is 91.7 Å². The maximum Gasteiger partial charge on any atom is 0.455 e. The molecule has 1 unspecified atom stereocenters. The molecule has 4 aromatic carbocycles. The number of carboxylic acids is 1. The molecule has 5 aromatic rings. The highest BCUT2D eigenvalue weighted by Gasteiger charge is 2.52. The van der Waals surface area contributed by atoms with E-state index in [1.54, 1.807) is 41.5 Å². The van der Waals surface area contributed by atoms with E-state index in [9.17, 15) is 37.5 Å². The number of halogens is 1. The van der Waals surface area contributed by atoms with Crippen molar-refractivity contribution in [3.05, 3.63) is 125 Å². The van der Waals surface area contributed by atoms with Crippen molar-refractivity contribution < 1.29 is 60.8 Å². The summed E-state index contributed by atoms with van der Waals surface area (Å²) in [6, 6.07) is 21.0. The van der Waals surface area contributed by atoms with Crippen molar-refractivity contribution in [2.45, 2.75) is 133 Å². The number of hydrogen-bond acceptors (Lipinski definition) is 12. The van der Waals surface area contributed by atoms with Crippen LogP contribution in [0.3, 0.4) is 0 Å². The summed E-state index contributed by atoms with van der Waals surface area (Å²) in [7, 11) is -3.73. The second-order valence-corrected chi connectivity index (χ2v) is 29.6. The number of rotatable bonds is 20. The Hall–Kier alpha value is -7.10. The zero-order valence-corrected chi connectivity index (χ0v) is 45.9. The third-order valence-corrected chi connectivity index (χ3v) is 15.8. The molecule has 1 aromatic heterocycles. The molecule has 18 nitrogen and oxygen atoms in total. The Labute approximate surface area is 438 Å². The summed E-state index contributed by atoms with van der Waals surface area (Å²) in [5.41, 5.74) is 4.48. The van der Waals surface area contributed by atoms with Crippen molar-refractivity contribution in [2.24, 2.45) is 0 Å². The Bertz CT molecular complexity index is 3000. The number of anilines is 1. The first-order chi connectivity index (χ1) is 35.0. The van der Waals surface area contributed by atoms with Crippen LogP contribution in [-0.2, 0) is 53.2 Å². The molecule has 1 aliphatic carbocycles. The van der Waals surface area contributed by atoms with E-state index in [1.807, 2.05) is 30.3 Å². The summed E-state index contributed by atoms with van der Waals surface area (Å²) in [6.45, 7) is 16.2. The van der Waals surface area contributed by atoms with Gasteiger partial charge in [0.15, 0.2) is 15.5 Å². The van der Waals surface area contributed by atoms with E-state index >= 15 is 4.39 Å². The minimum absolute atomic E-state index is 0.0175. The molecule has 1 atom stereocenters. The third kappa shape index (κ3) is 15.7. The number of benzene rings is 4. The van der Waals surface area contributed by atoms with Gasteiger partial charge in [-0.25, -0.2) is 32.0 Å². The molecule has 0 aliphatic heterocycles. The first kappa shape index (κ1) is 57.2. The average molecular weight is 1070 g/mol. The number of carbonyl (C=O) groups is 5. The number of aromatic nitrogens is 1. The molecule has 0 bridgehead atoms. The number of aryl methyl sites for hydroxylation is 1. The van der Waals surface area contributed by atoms with E-state index < -0.39 is 81.1 Å². The number of aliphatic carboxylic acids is 1. The number of amides is 4. The van der Waals surface area contributed by atoms with Gasteiger partial charge in [-0.2, -0.15) is 0 Å². The molecule has 0 saturated heterocycles. The lowest BCUT2D eigenvalue weighted by Gasteiger charge is -2.40. The van der Waals surface area contributed by atoms with Gasteiger partial charge < -0.3 is 34.3 Å². The molecule has 4 amide bonds. The Balaban J connectivity index is 1.40. The van der Waals surface area contributed by atoms with Crippen molar-refractivity contribution in [1.82, 2.24) is 25.4 Å². The standard InChI is InChI=1S/C54H67FN6O12SSi/c1-53(2,3)72-50(65)58-61(59-51(66)73-54(4,5)6,41-20-16-38-31-56-32-44(55)43(38)30-41)48(49(63)64)37-17-23-45(71-34-35-14-12-11-13-15-35)36(28-37)18-25-47(62)57-40-19-24-46(74(68,69)42-21-22-42)39(29-40)33-60(7)52(67)70-26-27-75(8,9)10/h11-17,19-20,23-24,28-32,42,48H,18,21-22,25-27,33-34H2,1-10H3,(H3-,57,58,59,62,63,64,65,66)/p+1. The largest absolute Gasteiger partial charge is 0.489 e. The predicted molar refractivity (Wildman–Crippen MR) is 284 cm³/mol. The van der Waals surface area contributed by atoms with Gasteiger partial charge >= 0.3 is 24.2 Å². The van der Waals surface area contributed by atoms with Gasteiger partial charge in [0.1, 0.15) is 29.4 Å². The van der Waals surface area contributed by atoms with Gasteiger partial charge in [0, 0.05) is 61.9 Å². The summed E-state index contributed by atoms with van der Waals surface area (Å²) >= 11 is 0. The molecule has 6 rings (SSSR count). The van der Waals surface area contributed by atoms with Gasteiger partial charge in [0.25, 0.3) is 6.04 Å². The number of nitrogens with zero attached hydrogens (tertiary/aromatic N) is 3. The molecule has 0 spiro atoms. The fraction of sp³-hybridized carbons (Fsp3) is 0.407. The lowest BCUT2D eigenvalue weighted by Crippen LogP contribution is -2.74. The molecule has 1 aliphatic rings. The summed E-state index contributed by atoms with van der Waals surface area (Å²) in [4.78, 5) is 74.4. The monoisotopic (exact) mass is 1070 g/mol. The summed E-state index contributed by atoms with van der Waals surface area (Å²) in [5.74, 6) is -2.59. The molecule has 4 N–H and O–H groups in total. The van der Waals surface area contributed by atoms with E-state index in [0.717, 1.165) is 17.8 Å². The van der Waals surface area contributed by atoms with Crippen molar-refractivity contribution in [3.63, 3.8) is 0 Å². The number of ether oxygens (including phenoxy) is 4. The van der Waals surface area contributed by atoms with E-state index in [1.165, 1.54) is 72.7 Å². The van der Waals surface area contributed by atoms with Crippen LogP contribution in [0.15, 0.2) is 102 Å². The summed E-state index contributed by atoms with van der Waals surface area (Å²) in [5, 5.41) is 14.0. The average Bonchev–Trinajstić information content (AvgIpc) is 4.16. The van der Waals surface area contributed by atoms with Gasteiger partial charge in [-0.3, -0.25) is 9.78 Å². The van der Waals surface area contributed by atoms with Gasteiger partial charge in [-0.1, -0.05) is 54.7 Å². The van der Waals surface area contributed by atoms with Crippen LogP contribution in [0.1, 0.15) is 89.1 Å². The first-order valence-electron chi connectivity index (χ1n) is 24.6. The van der Waals surface area contributed by atoms with E-state index in [4.69, 9.17) is 18.9 Å². The predicted octanol–water partition coefficient (Wildman–Crippen LogP) is 10.4. The highest BCUT2D eigenvalue weighted by molar-refractivity contribution is 7.92. The zero-order valence-electron chi connectivity index (χ0n) is 44.1. The maximum absolute atomic E-state index is 15.6. The van der Waals surface area contributed by atoms with Crippen molar-refractivity contribution in [1.29, 1.82) is 0 Å². The number of hydrogen-bond donors (Lipinski definition) is 4. The van der Waals surface area contributed by atoms with Crippen LogP contribution in [0.2, 0.25) is 25.7 Å². The normalized spacial score (nSPS) is 13.5. The number of carbonyl (C=O) groups excluding carboxylic acids is 4. The fourth-order valence-corrected chi connectivity index (χ4v) is 10.6. The first-order valence-corrected chi connectivity index (χ1v) is 29.8. The molecular weight excluding hydrogens is 1000 g/mol. The van der Waals surface area contributed by atoms with E-state index in [0.29, 0.717) is 29.4 Å². The van der Waals surface area contributed by atoms with Crippen LogP contribution in [0, 0.1) is 5.82 Å². The smallest absolute Gasteiger partial charge is 0.455 e. The number of quaternary nitrogens is 1. The van der Waals surface area contributed by atoms with E-state index in [-0.39, 0.29) is 65.6 Å². The number of nitrogens with one attached hydrogen (secondary N) is 3. The third-order valence-electron chi connectivity index (χ3n) is 11.7. The number of sulfone groups is 1. The van der Waals surface area contributed by atoms with Gasteiger partial charge in [-0.05, 0) is 126 Å². The minimum atomic E-state index is -3.74. The SMILES string of the molecule is CN(Cc1cc(NC(=O)CCc2cc(C(C(=O)O)[N+](NC(=O)OC(C)(C)C)(NC(=O)OC(C)(C)C)c3ccc4cncc(F)c4c3)ccc2OCc2ccccc2)ccc1S(=O)(=O)C1CC1)C(=O)OCC[Si](C)(C)C. The molecule has 21 heteroatoms. The Kier molecular flexibility index (Phi) is 17.7. The number of carboxylic acid groups (broad SMARTS) is 1. The van der Waals surface area contributed by atoms with Crippen LogP contribution >= 0.6 is 0 Å².